The normalized spacial score (nSPS) is 13.2. The van der Waals surface area contributed by atoms with Crippen molar-refractivity contribution in [2.45, 2.75) is 30.6 Å². The Hall–Kier alpha value is -0.870. The molecule has 0 spiro atoms. The lowest BCUT2D eigenvalue weighted by molar-refractivity contribution is -0.123. The lowest BCUT2D eigenvalue weighted by Crippen LogP contribution is -2.46. The van der Waals surface area contributed by atoms with E-state index in [1.807, 2.05) is 30.3 Å². The van der Waals surface area contributed by atoms with E-state index in [-0.39, 0.29) is 18.6 Å². The number of benzene rings is 1. The molecule has 0 saturated carbocycles. The van der Waals surface area contributed by atoms with E-state index in [4.69, 9.17) is 0 Å². The molecule has 0 saturated heterocycles. The fourth-order valence-electron chi connectivity index (χ4n) is 1.42. The zero-order valence-corrected chi connectivity index (χ0v) is 11.7. The van der Waals surface area contributed by atoms with Gasteiger partial charge in [-0.05, 0) is 25.8 Å². The van der Waals surface area contributed by atoms with Gasteiger partial charge >= 0.3 is 0 Å². The molecule has 1 aromatic carbocycles. The molecule has 0 bridgehead atoms. The highest BCUT2D eigenvalue weighted by atomic mass is 79.9. The highest BCUT2D eigenvalue weighted by Gasteiger charge is 2.25. The second-order valence-electron chi connectivity index (χ2n) is 4.52. The zero-order chi connectivity index (χ0) is 12.9. The summed E-state index contributed by atoms with van der Waals surface area (Å²) in [6.45, 7) is 3.49. The first-order chi connectivity index (χ1) is 7.93. The molecule has 2 N–H and O–H groups in total. The molecule has 1 amide bonds. The average molecular weight is 300 g/mol. The molecule has 0 fully saturated rings. The fourth-order valence-corrected chi connectivity index (χ4v) is 1.53. The van der Waals surface area contributed by atoms with Crippen molar-refractivity contribution in [3.63, 3.8) is 0 Å². The van der Waals surface area contributed by atoms with Gasteiger partial charge in [0.25, 0.3) is 0 Å². The minimum atomic E-state index is -0.614. The summed E-state index contributed by atoms with van der Waals surface area (Å²) in [6.07, 6.45) is 0.631. The summed E-state index contributed by atoms with van der Waals surface area (Å²) < 4.78 is -0.614. The van der Waals surface area contributed by atoms with Crippen LogP contribution in [0, 0.1) is 0 Å². The number of hydrogen-bond donors (Lipinski definition) is 2. The minimum Gasteiger partial charge on any atom is -0.394 e. The predicted octanol–water partition coefficient (Wildman–Crippen LogP) is 1.88. The van der Waals surface area contributed by atoms with Gasteiger partial charge in [-0.1, -0.05) is 46.3 Å². The molecule has 0 aliphatic carbocycles. The van der Waals surface area contributed by atoms with Crippen LogP contribution in [0.25, 0.3) is 0 Å². The zero-order valence-electron chi connectivity index (χ0n) is 10.1. The van der Waals surface area contributed by atoms with E-state index in [1.165, 1.54) is 0 Å². The first-order valence-electron chi connectivity index (χ1n) is 5.58. The molecule has 0 aliphatic heterocycles. The molecule has 0 heterocycles. The van der Waals surface area contributed by atoms with E-state index in [1.54, 1.807) is 13.8 Å². The summed E-state index contributed by atoms with van der Waals surface area (Å²) in [4.78, 5) is 11.8. The largest absolute Gasteiger partial charge is 0.394 e. The predicted molar refractivity (Wildman–Crippen MR) is 72.2 cm³/mol. The summed E-state index contributed by atoms with van der Waals surface area (Å²) in [5, 5.41) is 12.1. The van der Waals surface area contributed by atoms with Gasteiger partial charge in [0, 0.05) is 0 Å². The van der Waals surface area contributed by atoms with Crippen molar-refractivity contribution in [1.82, 2.24) is 5.32 Å². The Bertz CT molecular complexity index is 359. The van der Waals surface area contributed by atoms with Gasteiger partial charge in [0.2, 0.25) is 5.91 Å². The minimum absolute atomic E-state index is 0.0658. The number of nitrogens with one attached hydrogen (secondary N) is 1. The van der Waals surface area contributed by atoms with Crippen LogP contribution in [0.1, 0.15) is 19.4 Å². The molecule has 0 radical (unpaired) electrons. The Kier molecular flexibility index (Phi) is 5.15. The Balaban J connectivity index is 2.59. The van der Waals surface area contributed by atoms with Gasteiger partial charge in [-0.2, -0.15) is 0 Å². The van der Waals surface area contributed by atoms with Crippen molar-refractivity contribution < 1.29 is 9.90 Å². The number of aliphatic hydroxyl groups excluding tert-OH is 1. The third kappa shape index (κ3) is 4.88. The summed E-state index contributed by atoms with van der Waals surface area (Å²) in [6, 6.07) is 9.54. The van der Waals surface area contributed by atoms with Gasteiger partial charge < -0.3 is 10.4 Å². The van der Waals surface area contributed by atoms with Gasteiger partial charge in [-0.25, -0.2) is 0 Å². The van der Waals surface area contributed by atoms with Crippen LogP contribution in [0.3, 0.4) is 0 Å². The fraction of sp³-hybridized carbons (Fsp3) is 0.462. The van der Waals surface area contributed by atoms with Crippen molar-refractivity contribution in [3.05, 3.63) is 35.9 Å². The van der Waals surface area contributed by atoms with Crippen LogP contribution < -0.4 is 5.32 Å². The van der Waals surface area contributed by atoms with Crippen LogP contribution >= 0.6 is 15.9 Å². The van der Waals surface area contributed by atoms with Crippen molar-refractivity contribution in [1.29, 1.82) is 0 Å². The van der Waals surface area contributed by atoms with Gasteiger partial charge in [0.15, 0.2) is 0 Å². The average Bonchev–Trinajstić information content (AvgIpc) is 2.28. The van der Waals surface area contributed by atoms with E-state index < -0.39 is 4.32 Å². The van der Waals surface area contributed by atoms with Crippen LogP contribution in [0.5, 0.6) is 0 Å². The lowest BCUT2D eigenvalue weighted by atomic mass is 10.1. The van der Waals surface area contributed by atoms with E-state index in [0.717, 1.165) is 5.56 Å². The highest BCUT2D eigenvalue weighted by molar-refractivity contribution is 9.10. The van der Waals surface area contributed by atoms with E-state index >= 15 is 0 Å². The molecule has 1 rings (SSSR count). The number of rotatable bonds is 5. The number of aliphatic hydroxyl groups is 1. The second-order valence-corrected chi connectivity index (χ2v) is 6.50. The summed E-state index contributed by atoms with van der Waals surface area (Å²) in [7, 11) is 0. The van der Waals surface area contributed by atoms with Crippen molar-refractivity contribution in [2.24, 2.45) is 0 Å². The number of halogens is 1. The molecular weight excluding hydrogens is 282 g/mol. The van der Waals surface area contributed by atoms with Crippen LogP contribution in [0.2, 0.25) is 0 Å². The van der Waals surface area contributed by atoms with Crippen LogP contribution in [0.4, 0.5) is 0 Å². The Labute approximate surface area is 110 Å². The van der Waals surface area contributed by atoms with Gasteiger partial charge in [-0.15, -0.1) is 0 Å². The molecule has 0 aliphatic rings. The highest BCUT2D eigenvalue weighted by Crippen LogP contribution is 2.16. The molecule has 1 atom stereocenters. The molecule has 0 unspecified atom stereocenters. The number of hydrogen-bond acceptors (Lipinski definition) is 2. The molecule has 17 heavy (non-hydrogen) atoms. The quantitative estimate of drug-likeness (QED) is 0.816. The first-order valence-corrected chi connectivity index (χ1v) is 6.37. The van der Waals surface area contributed by atoms with Gasteiger partial charge in [0.1, 0.15) is 0 Å². The van der Waals surface area contributed by atoms with E-state index in [2.05, 4.69) is 21.2 Å². The number of amides is 1. The lowest BCUT2D eigenvalue weighted by Gasteiger charge is -2.22. The Morgan fingerprint density at radius 1 is 1.41 bits per heavy atom. The smallest absolute Gasteiger partial charge is 0.236 e. The van der Waals surface area contributed by atoms with Crippen LogP contribution in [-0.2, 0) is 11.2 Å². The molecule has 3 nitrogen and oxygen atoms in total. The first kappa shape index (κ1) is 14.2. The summed E-state index contributed by atoms with van der Waals surface area (Å²) in [5.74, 6) is -0.118. The topological polar surface area (TPSA) is 49.3 Å². The number of carbonyl (C=O) groups is 1. The maximum atomic E-state index is 11.8. The van der Waals surface area contributed by atoms with Crippen LogP contribution in [0.15, 0.2) is 30.3 Å². The Morgan fingerprint density at radius 2 is 2.00 bits per heavy atom. The van der Waals surface area contributed by atoms with Gasteiger partial charge in [0.05, 0.1) is 17.0 Å². The van der Waals surface area contributed by atoms with Crippen molar-refractivity contribution >= 4 is 21.8 Å². The number of alkyl halides is 1. The third-order valence-corrected chi connectivity index (χ3v) is 2.78. The molecule has 0 aromatic heterocycles. The van der Waals surface area contributed by atoms with Gasteiger partial charge in [-0.3, -0.25) is 4.79 Å². The molecule has 1 aromatic rings. The maximum absolute atomic E-state index is 11.8. The second kappa shape index (κ2) is 6.17. The SMILES string of the molecule is CC(C)(Br)C(=O)N[C@H](CO)Cc1ccccc1. The van der Waals surface area contributed by atoms with Crippen molar-refractivity contribution in [2.75, 3.05) is 6.61 Å². The summed E-state index contributed by atoms with van der Waals surface area (Å²) >= 11 is 3.29. The monoisotopic (exact) mass is 299 g/mol. The molecule has 94 valence electrons. The third-order valence-electron chi connectivity index (χ3n) is 2.42. The number of carbonyl (C=O) groups excluding carboxylic acids is 1. The van der Waals surface area contributed by atoms with Crippen molar-refractivity contribution in [3.8, 4) is 0 Å². The maximum Gasteiger partial charge on any atom is 0.236 e. The van der Waals surface area contributed by atoms with Crippen LogP contribution in [-0.4, -0.2) is 28.0 Å². The van der Waals surface area contributed by atoms with E-state index in [9.17, 15) is 9.90 Å². The standard InChI is InChI=1S/C13H18BrNO2/c1-13(2,14)12(17)15-11(9-16)8-10-6-4-3-5-7-10/h3-7,11,16H,8-9H2,1-2H3,(H,15,17)/t11-/m0/s1. The molecular formula is C13H18BrNO2. The summed E-state index contributed by atoms with van der Waals surface area (Å²) in [5.41, 5.74) is 1.10. The Morgan fingerprint density at radius 3 is 2.47 bits per heavy atom. The van der Waals surface area contributed by atoms with E-state index in [0.29, 0.717) is 6.42 Å². The molecule has 4 heteroatoms.